The molecule has 1 aliphatic heterocycles. The average molecular weight is 557 g/mol. The molecule has 3 atom stereocenters. The van der Waals surface area contributed by atoms with Gasteiger partial charge in [-0.05, 0) is 48.2 Å². The molecule has 2 aromatic carbocycles. The second-order valence-corrected chi connectivity index (χ2v) is 11.2. The molecule has 0 amide bonds. The smallest absolute Gasteiger partial charge is 0.493 e. The number of methoxy groups -OCH3 is 5. The van der Waals surface area contributed by atoms with E-state index in [1.54, 1.807) is 33.5 Å². The van der Waals surface area contributed by atoms with Crippen LogP contribution in [-0.4, -0.2) is 79.2 Å². The third kappa shape index (κ3) is 7.24. The third-order valence-corrected chi connectivity index (χ3v) is 7.08. The lowest BCUT2D eigenvalue weighted by Gasteiger charge is -2.24. The lowest BCUT2D eigenvalue weighted by molar-refractivity contribution is -0.870. The topological polar surface area (TPSA) is 111 Å². The molecule has 1 aliphatic rings. The molecule has 0 radical (unpaired) electrons. The highest BCUT2D eigenvalue weighted by atomic mass is 31.2. The summed E-state index contributed by atoms with van der Waals surface area (Å²) in [4.78, 5) is 10.4. The van der Waals surface area contributed by atoms with Gasteiger partial charge in [-0.25, -0.2) is 4.57 Å². The van der Waals surface area contributed by atoms with Crippen LogP contribution in [0.25, 0.3) is 0 Å². The Balaban J connectivity index is 1.86. The number of hydrogen-bond donors (Lipinski definition) is 1. The minimum absolute atomic E-state index is 0.0257. The number of nitrogens with zero attached hydrogens (tertiary/aromatic N) is 1. The summed E-state index contributed by atoms with van der Waals surface area (Å²) in [6.07, 6.45) is 0.834. The van der Waals surface area contributed by atoms with E-state index in [1.165, 1.54) is 14.2 Å². The molecule has 0 bridgehead atoms. The maximum atomic E-state index is 12.7. The Hall–Kier alpha value is -2.69. The Bertz CT molecular complexity index is 1120. The summed E-state index contributed by atoms with van der Waals surface area (Å²) in [5.41, 5.74) is 1.59. The van der Waals surface area contributed by atoms with Gasteiger partial charge < -0.3 is 37.4 Å². The number of ether oxygens (including phenoxy) is 6. The van der Waals surface area contributed by atoms with Gasteiger partial charge in [-0.1, -0.05) is 0 Å². The molecule has 11 nitrogen and oxygen atoms in total. The molecule has 2 aromatic rings. The zero-order valence-corrected chi connectivity index (χ0v) is 24.2. The van der Waals surface area contributed by atoms with Gasteiger partial charge >= 0.3 is 7.82 Å². The lowest BCUT2D eigenvalue weighted by Crippen LogP contribution is -2.37. The van der Waals surface area contributed by atoms with Gasteiger partial charge in [0.2, 0.25) is 11.5 Å². The van der Waals surface area contributed by atoms with Gasteiger partial charge in [-0.3, -0.25) is 9.42 Å². The quantitative estimate of drug-likeness (QED) is 0.279. The maximum Gasteiger partial charge on any atom is 0.527 e. The Kier molecular flexibility index (Phi) is 9.78. The van der Waals surface area contributed by atoms with Crippen LogP contribution in [-0.2, 0) is 13.8 Å². The zero-order chi connectivity index (χ0) is 28.1. The van der Waals surface area contributed by atoms with Gasteiger partial charge in [0.15, 0.2) is 23.0 Å². The molecule has 212 valence electrons. The standard InChI is InChI=1S/C26H38NO10P/c1-27(2,3)11-12-35-38(28,29)37-24-16-18(15-23(32-6)26(24)34-8)20-10-9-19(36-20)17-13-21(30-4)25(33-7)22(14-17)31-5/h13-16,19-20H,9-12H2,1-8H3/p+1/t19-,20-/m0/s1. The number of hydrogen-bond acceptors (Lipinski definition) is 9. The molecule has 1 saturated heterocycles. The van der Waals surface area contributed by atoms with Gasteiger partial charge in [0.25, 0.3) is 0 Å². The average Bonchev–Trinajstić information content (AvgIpc) is 3.36. The van der Waals surface area contributed by atoms with Gasteiger partial charge in [-0.15, -0.1) is 0 Å². The van der Waals surface area contributed by atoms with E-state index in [1.807, 2.05) is 33.3 Å². The second-order valence-electron chi connectivity index (χ2n) is 9.81. The van der Waals surface area contributed by atoms with Crippen LogP contribution in [0, 0.1) is 0 Å². The summed E-state index contributed by atoms with van der Waals surface area (Å²) in [5, 5.41) is 0. The van der Waals surface area contributed by atoms with Crippen LogP contribution in [0.1, 0.15) is 36.2 Å². The summed E-state index contributed by atoms with van der Waals surface area (Å²) in [7, 11) is 9.03. The predicted molar refractivity (Wildman–Crippen MR) is 141 cm³/mol. The Labute approximate surface area is 224 Å². The minimum atomic E-state index is -4.43. The number of rotatable bonds is 13. The first kappa shape index (κ1) is 29.9. The van der Waals surface area contributed by atoms with Crippen LogP contribution in [0.3, 0.4) is 0 Å². The van der Waals surface area contributed by atoms with Crippen molar-refractivity contribution >= 4 is 7.82 Å². The molecule has 12 heteroatoms. The Morgan fingerprint density at radius 1 is 0.789 bits per heavy atom. The third-order valence-electron chi connectivity index (χ3n) is 6.15. The van der Waals surface area contributed by atoms with Crippen molar-refractivity contribution < 1.29 is 51.4 Å². The fourth-order valence-electron chi connectivity index (χ4n) is 4.20. The molecule has 1 unspecified atom stereocenters. The number of quaternary nitrogens is 1. The predicted octanol–water partition coefficient (Wildman–Crippen LogP) is 4.52. The molecule has 3 rings (SSSR count). The first-order valence-corrected chi connectivity index (χ1v) is 13.6. The minimum Gasteiger partial charge on any atom is -0.493 e. The van der Waals surface area contributed by atoms with E-state index in [9.17, 15) is 9.46 Å². The van der Waals surface area contributed by atoms with Crippen molar-refractivity contribution in [1.82, 2.24) is 0 Å². The number of likely N-dealkylation sites (N-methyl/N-ethyl adjacent to an activating group) is 1. The number of phosphoric ester groups is 1. The molecular formula is C26H39NO10P+. The highest BCUT2D eigenvalue weighted by molar-refractivity contribution is 7.47. The van der Waals surface area contributed by atoms with Crippen molar-refractivity contribution in [3.05, 3.63) is 35.4 Å². The fraction of sp³-hybridized carbons (Fsp3) is 0.538. The zero-order valence-electron chi connectivity index (χ0n) is 23.3. The van der Waals surface area contributed by atoms with Crippen molar-refractivity contribution in [3.63, 3.8) is 0 Å². The summed E-state index contributed by atoms with van der Waals surface area (Å²) < 4.78 is 57.7. The molecule has 0 aromatic heterocycles. The highest BCUT2D eigenvalue weighted by Crippen LogP contribution is 2.52. The molecule has 1 N–H and O–H groups in total. The molecule has 0 spiro atoms. The summed E-state index contributed by atoms with van der Waals surface area (Å²) in [6, 6.07) is 7.13. The molecule has 1 fully saturated rings. The second kappa shape index (κ2) is 12.4. The Morgan fingerprint density at radius 3 is 1.61 bits per heavy atom. The van der Waals surface area contributed by atoms with Crippen molar-refractivity contribution in [1.29, 1.82) is 0 Å². The molecule has 0 aliphatic carbocycles. The van der Waals surface area contributed by atoms with Gasteiger partial charge in [0.1, 0.15) is 13.2 Å². The van der Waals surface area contributed by atoms with Crippen molar-refractivity contribution in [2.24, 2.45) is 0 Å². The van der Waals surface area contributed by atoms with E-state index in [-0.39, 0.29) is 30.3 Å². The monoisotopic (exact) mass is 556 g/mol. The SMILES string of the molecule is COc1cc([C@@H]2CC[C@@H](c3cc(OC)c(OC)c(OP(=O)(O)OCC[N+](C)(C)C)c3)O2)cc(OC)c1OC. The van der Waals surface area contributed by atoms with Crippen molar-refractivity contribution in [3.8, 4) is 34.5 Å². The van der Waals surface area contributed by atoms with Gasteiger partial charge in [0, 0.05) is 0 Å². The van der Waals surface area contributed by atoms with Crippen molar-refractivity contribution in [2.45, 2.75) is 25.0 Å². The lowest BCUT2D eigenvalue weighted by atomic mass is 10.0. The molecule has 1 heterocycles. The van der Waals surface area contributed by atoms with E-state index in [4.69, 9.17) is 37.5 Å². The van der Waals surface area contributed by atoms with Gasteiger partial charge in [-0.2, -0.15) is 0 Å². The first-order chi connectivity index (χ1) is 17.9. The Morgan fingerprint density at radius 2 is 1.21 bits per heavy atom. The van der Waals surface area contributed by atoms with Crippen LogP contribution in [0.2, 0.25) is 0 Å². The van der Waals surface area contributed by atoms with Gasteiger partial charge in [0.05, 0.1) is 68.9 Å². The normalized spacial score (nSPS) is 19.0. The van der Waals surface area contributed by atoms with Crippen LogP contribution >= 0.6 is 7.82 Å². The highest BCUT2D eigenvalue weighted by Gasteiger charge is 2.33. The summed E-state index contributed by atoms with van der Waals surface area (Å²) in [6.45, 7) is 0.561. The number of phosphoric acid groups is 1. The van der Waals surface area contributed by atoms with Crippen LogP contribution in [0.15, 0.2) is 24.3 Å². The van der Waals surface area contributed by atoms with Crippen molar-refractivity contribution in [2.75, 3.05) is 69.8 Å². The molecular weight excluding hydrogens is 517 g/mol. The first-order valence-electron chi connectivity index (χ1n) is 12.1. The van der Waals surface area contributed by atoms with E-state index >= 15 is 0 Å². The van der Waals surface area contributed by atoms with E-state index in [0.29, 0.717) is 46.0 Å². The van der Waals surface area contributed by atoms with E-state index in [0.717, 1.165) is 12.0 Å². The largest absolute Gasteiger partial charge is 0.527 e. The van der Waals surface area contributed by atoms with E-state index < -0.39 is 7.82 Å². The summed E-state index contributed by atoms with van der Waals surface area (Å²) in [5.74, 6) is 2.13. The summed E-state index contributed by atoms with van der Waals surface area (Å²) >= 11 is 0. The van der Waals surface area contributed by atoms with E-state index in [2.05, 4.69) is 0 Å². The molecule has 0 saturated carbocycles. The van der Waals surface area contributed by atoms with Crippen LogP contribution in [0.5, 0.6) is 34.5 Å². The number of benzene rings is 2. The fourth-order valence-corrected chi connectivity index (χ4v) is 4.95. The maximum absolute atomic E-state index is 12.7. The van der Waals surface area contributed by atoms with Crippen LogP contribution < -0.4 is 28.2 Å². The molecule has 38 heavy (non-hydrogen) atoms. The van der Waals surface area contributed by atoms with Crippen LogP contribution in [0.4, 0.5) is 0 Å².